The zero-order chi connectivity index (χ0) is 10.6. The Bertz CT molecular complexity index is 294. The minimum absolute atomic E-state index is 0.527. The Labute approximate surface area is 86.8 Å². The third-order valence-electron chi connectivity index (χ3n) is 2.81. The molecule has 1 aromatic heterocycles. The van der Waals surface area contributed by atoms with Crippen molar-refractivity contribution in [3.63, 3.8) is 0 Å². The van der Waals surface area contributed by atoms with Gasteiger partial charge in [-0.2, -0.15) is 10.2 Å². The van der Waals surface area contributed by atoms with Crippen molar-refractivity contribution in [2.45, 2.75) is 52.9 Å². The highest BCUT2D eigenvalue weighted by atomic mass is 15.1. The van der Waals surface area contributed by atoms with E-state index in [2.05, 4.69) is 44.0 Å². The third kappa shape index (κ3) is 2.31. The smallest absolute Gasteiger partial charge is 0.0662 e. The van der Waals surface area contributed by atoms with Crippen LogP contribution in [0, 0.1) is 0 Å². The van der Waals surface area contributed by atoms with E-state index in [0.29, 0.717) is 5.92 Å². The van der Waals surface area contributed by atoms with Crippen molar-refractivity contribution in [1.82, 2.24) is 10.2 Å². The van der Waals surface area contributed by atoms with E-state index < -0.39 is 0 Å². The fraction of sp³-hybridized carbons (Fsp3) is 0.667. The topological polar surface area (TPSA) is 25.8 Å². The molecule has 0 saturated heterocycles. The molecule has 1 atom stereocenters. The lowest BCUT2D eigenvalue weighted by Gasteiger charge is -2.10. The minimum Gasteiger partial charge on any atom is -0.155 e. The molecule has 0 aromatic carbocycles. The molecule has 0 spiro atoms. The predicted molar refractivity (Wildman–Crippen MR) is 59.5 cm³/mol. The number of rotatable bonds is 4. The van der Waals surface area contributed by atoms with Crippen LogP contribution in [-0.4, -0.2) is 10.2 Å². The summed E-state index contributed by atoms with van der Waals surface area (Å²) in [7, 11) is 0. The van der Waals surface area contributed by atoms with Crippen LogP contribution in [0.25, 0.3) is 0 Å². The number of aromatic nitrogens is 2. The Hall–Kier alpha value is -0.920. The van der Waals surface area contributed by atoms with E-state index in [1.54, 1.807) is 0 Å². The number of aryl methyl sites for hydroxylation is 2. The van der Waals surface area contributed by atoms with E-state index in [4.69, 9.17) is 0 Å². The molecule has 0 aliphatic rings. The second-order valence-electron chi connectivity index (χ2n) is 3.76. The molecule has 1 aromatic rings. The normalized spacial score (nSPS) is 12.9. The van der Waals surface area contributed by atoms with Crippen molar-refractivity contribution in [2.75, 3.05) is 0 Å². The van der Waals surface area contributed by atoms with Crippen LogP contribution >= 0.6 is 0 Å². The Balaban J connectivity index is 3.01. The maximum atomic E-state index is 4.29. The average molecular weight is 192 g/mol. The first-order valence-corrected chi connectivity index (χ1v) is 5.58. The molecule has 0 N–H and O–H groups in total. The fourth-order valence-electron chi connectivity index (χ4n) is 1.53. The van der Waals surface area contributed by atoms with Crippen molar-refractivity contribution in [2.24, 2.45) is 0 Å². The summed E-state index contributed by atoms with van der Waals surface area (Å²) >= 11 is 0. The quantitative estimate of drug-likeness (QED) is 0.732. The predicted octanol–water partition coefficient (Wildman–Crippen LogP) is 3.11. The van der Waals surface area contributed by atoms with Gasteiger partial charge in [-0.05, 0) is 36.8 Å². The van der Waals surface area contributed by atoms with Crippen LogP contribution in [-0.2, 0) is 12.8 Å². The van der Waals surface area contributed by atoms with E-state index in [-0.39, 0.29) is 0 Å². The maximum absolute atomic E-state index is 4.29. The number of hydrogen-bond acceptors (Lipinski definition) is 2. The monoisotopic (exact) mass is 192 g/mol. The van der Waals surface area contributed by atoms with Gasteiger partial charge >= 0.3 is 0 Å². The lowest BCUT2D eigenvalue weighted by molar-refractivity contribution is 0.679. The van der Waals surface area contributed by atoms with Crippen molar-refractivity contribution >= 4 is 0 Å². The van der Waals surface area contributed by atoms with Crippen LogP contribution in [0.3, 0.4) is 0 Å². The van der Waals surface area contributed by atoms with Crippen molar-refractivity contribution in [3.05, 3.63) is 23.0 Å². The molecule has 78 valence electrons. The SMILES string of the molecule is CCc1cc(C(C)CC)nnc1CC. The molecule has 1 unspecified atom stereocenters. The molecule has 0 saturated carbocycles. The lowest BCUT2D eigenvalue weighted by atomic mass is 10.0. The van der Waals surface area contributed by atoms with Gasteiger partial charge in [0.05, 0.1) is 11.4 Å². The van der Waals surface area contributed by atoms with Gasteiger partial charge in [0.15, 0.2) is 0 Å². The second kappa shape index (κ2) is 5.08. The van der Waals surface area contributed by atoms with Crippen molar-refractivity contribution < 1.29 is 0 Å². The van der Waals surface area contributed by atoms with Gasteiger partial charge in [0.1, 0.15) is 0 Å². The highest BCUT2D eigenvalue weighted by molar-refractivity contribution is 5.22. The van der Waals surface area contributed by atoms with E-state index in [1.165, 1.54) is 5.56 Å². The summed E-state index contributed by atoms with van der Waals surface area (Å²) in [5.74, 6) is 0.527. The van der Waals surface area contributed by atoms with Gasteiger partial charge in [0.2, 0.25) is 0 Å². The van der Waals surface area contributed by atoms with E-state index in [0.717, 1.165) is 30.7 Å². The molecule has 0 radical (unpaired) electrons. The van der Waals surface area contributed by atoms with Gasteiger partial charge in [-0.15, -0.1) is 0 Å². The zero-order valence-electron chi connectivity index (χ0n) is 9.67. The minimum atomic E-state index is 0.527. The van der Waals surface area contributed by atoms with Crippen LogP contribution in [0.5, 0.6) is 0 Å². The van der Waals surface area contributed by atoms with E-state index in [9.17, 15) is 0 Å². The molecule has 0 aliphatic carbocycles. The molecule has 1 heterocycles. The molecule has 0 bridgehead atoms. The van der Waals surface area contributed by atoms with E-state index >= 15 is 0 Å². The second-order valence-corrected chi connectivity index (χ2v) is 3.76. The highest BCUT2D eigenvalue weighted by Crippen LogP contribution is 2.18. The first-order valence-electron chi connectivity index (χ1n) is 5.58. The van der Waals surface area contributed by atoms with Gasteiger partial charge in [0.25, 0.3) is 0 Å². The van der Waals surface area contributed by atoms with Crippen LogP contribution in [0.15, 0.2) is 6.07 Å². The molecule has 0 fully saturated rings. The summed E-state index contributed by atoms with van der Waals surface area (Å²) in [6.45, 7) is 8.70. The van der Waals surface area contributed by atoms with Crippen molar-refractivity contribution in [3.8, 4) is 0 Å². The Morgan fingerprint density at radius 1 is 1.14 bits per heavy atom. The van der Waals surface area contributed by atoms with Crippen LogP contribution in [0.2, 0.25) is 0 Å². The summed E-state index contributed by atoms with van der Waals surface area (Å²) in [6, 6.07) is 2.22. The maximum Gasteiger partial charge on any atom is 0.0662 e. The van der Waals surface area contributed by atoms with Crippen LogP contribution < -0.4 is 0 Å². The van der Waals surface area contributed by atoms with Crippen molar-refractivity contribution in [1.29, 1.82) is 0 Å². The molecule has 0 aliphatic heterocycles. The first kappa shape index (κ1) is 11.2. The molecule has 2 nitrogen and oxygen atoms in total. The Morgan fingerprint density at radius 3 is 2.36 bits per heavy atom. The van der Waals surface area contributed by atoms with Gasteiger partial charge in [-0.3, -0.25) is 0 Å². The summed E-state index contributed by atoms with van der Waals surface area (Å²) in [5.41, 5.74) is 3.65. The number of hydrogen-bond donors (Lipinski definition) is 0. The van der Waals surface area contributed by atoms with Gasteiger partial charge in [-0.25, -0.2) is 0 Å². The molecule has 0 amide bonds. The third-order valence-corrected chi connectivity index (χ3v) is 2.81. The lowest BCUT2D eigenvalue weighted by Crippen LogP contribution is -2.04. The van der Waals surface area contributed by atoms with Crippen LogP contribution in [0.1, 0.15) is 57.0 Å². The number of nitrogens with zero attached hydrogens (tertiary/aromatic N) is 2. The van der Waals surface area contributed by atoms with Gasteiger partial charge in [0, 0.05) is 0 Å². The molecule has 1 rings (SSSR count). The average Bonchev–Trinajstić information content (AvgIpc) is 2.26. The first-order chi connectivity index (χ1) is 6.72. The largest absolute Gasteiger partial charge is 0.155 e. The molecular weight excluding hydrogens is 172 g/mol. The van der Waals surface area contributed by atoms with Gasteiger partial charge < -0.3 is 0 Å². The summed E-state index contributed by atoms with van der Waals surface area (Å²) in [4.78, 5) is 0. The summed E-state index contributed by atoms with van der Waals surface area (Å²) in [6.07, 6.45) is 3.17. The highest BCUT2D eigenvalue weighted by Gasteiger charge is 2.08. The molecule has 14 heavy (non-hydrogen) atoms. The Kier molecular flexibility index (Phi) is 4.05. The summed E-state index contributed by atoms with van der Waals surface area (Å²) < 4.78 is 0. The molecule has 2 heteroatoms. The zero-order valence-corrected chi connectivity index (χ0v) is 9.67. The summed E-state index contributed by atoms with van der Waals surface area (Å²) in [5, 5.41) is 8.57. The Morgan fingerprint density at radius 2 is 1.86 bits per heavy atom. The van der Waals surface area contributed by atoms with Crippen LogP contribution in [0.4, 0.5) is 0 Å². The molecular formula is C12H20N2. The fourth-order valence-corrected chi connectivity index (χ4v) is 1.53. The standard InChI is InChI=1S/C12H20N2/c1-5-9(4)12-8-10(6-2)11(7-3)13-14-12/h8-9H,5-7H2,1-4H3. The van der Waals surface area contributed by atoms with E-state index in [1.807, 2.05) is 0 Å². The van der Waals surface area contributed by atoms with Gasteiger partial charge in [-0.1, -0.05) is 27.7 Å².